The molecule has 0 saturated heterocycles. The molecule has 148 valence electrons. The Kier molecular flexibility index (Phi) is 6.84. The van der Waals surface area contributed by atoms with Gasteiger partial charge in [-0.2, -0.15) is 0 Å². The average Bonchev–Trinajstić information content (AvgIpc) is 2.78. The first-order valence-corrected chi connectivity index (χ1v) is 9.31. The van der Waals surface area contributed by atoms with Crippen LogP contribution in [0, 0.1) is 0 Å². The normalized spacial score (nSPS) is 10.1. The van der Waals surface area contributed by atoms with Gasteiger partial charge in [-0.25, -0.2) is 4.79 Å². The minimum atomic E-state index is -0.500. The molecular weight excluding hydrogens is 366 g/mol. The highest BCUT2D eigenvalue weighted by atomic mass is 16.6. The largest absolute Gasteiger partial charge is 0.419 e. The predicted molar refractivity (Wildman–Crippen MR) is 115 cm³/mol. The quantitative estimate of drug-likeness (QED) is 0.595. The van der Waals surface area contributed by atoms with Gasteiger partial charge in [0.25, 0.3) is 5.91 Å². The van der Waals surface area contributed by atoms with Gasteiger partial charge in [0.05, 0.1) is 0 Å². The number of amides is 2. The fourth-order valence-electron chi connectivity index (χ4n) is 2.64. The first-order valence-electron chi connectivity index (χ1n) is 9.31. The van der Waals surface area contributed by atoms with E-state index in [2.05, 4.69) is 10.6 Å². The van der Waals surface area contributed by atoms with E-state index >= 15 is 0 Å². The van der Waals surface area contributed by atoms with Crippen LogP contribution in [0.2, 0.25) is 0 Å². The number of hydrogen-bond donors (Lipinski definition) is 2. The molecule has 0 atom stereocenters. The maximum atomic E-state index is 12.2. The van der Waals surface area contributed by atoms with Gasteiger partial charge in [-0.1, -0.05) is 36.4 Å². The van der Waals surface area contributed by atoms with Gasteiger partial charge >= 0.3 is 6.09 Å². The third-order valence-corrected chi connectivity index (χ3v) is 4.25. The molecule has 3 aromatic carbocycles. The summed E-state index contributed by atoms with van der Waals surface area (Å²) in [5.74, 6) is 0.194. The number of rotatable bonds is 7. The highest BCUT2D eigenvalue weighted by Gasteiger charge is 2.13. The van der Waals surface area contributed by atoms with Crippen LogP contribution in [0.4, 0.5) is 16.2 Å². The second-order valence-corrected chi connectivity index (χ2v) is 6.34. The summed E-state index contributed by atoms with van der Waals surface area (Å²) < 4.78 is 5.36. The summed E-state index contributed by atoms with van der Waals surface area (Å²) in [5, 5.41) is 6.08. The van der Waals surface area contributed by atoms with Crippen LogP contribution in [0.3, 0.4) is 0 Å². The molecule has 0 spiro atoms. The summed E-state index contributed by atoms with van der Waals surface area (Å²) in [7, 11) is 1.64. The Hall–Kier alpha value is -3.80. The Balaban J connectivity index is 1.46. The van der Waals surface area contributed by atoms with Crippen molar-refractivity contribution in [3.05, 3.63) is 90.5 Å². The van der Waals surface area contributed by atoms with Gasteiger partial charge in [-0.05, 0) is 48.5 Å². The topological polar surface area (TPSA) is 70.7 Å². The fraction of sp³-hybridized carbons (Fsp3) is 0.130. The first kappa shape index (κ1) is 19.9. The molecule has 0 aliphatic rings. The molecule has 0 saturated carbocycles. The Bertz CT molecular complexity index is 929. The minimum Gasteiger partial charge on any atom is -0.410 e. The van der Waals surface area contributed by atoms with Gasteiger partial charge in [0, 0.05) is 37.1 Å². The molecule has 29 heavy (non-hydrogen) atoms. The van der Waals surface area contributed by atoms with Crippen LogP contribution < -0.4 is 20.3 Å². The van der Waals surface area contributed by atoms with Gasteiger partial charge < -0.3 is 15.4 Å². The van der Waals surface area contributed by atoms with Gasteiger partial charge in [-0.3, -0.25) is 9.69 Å². The molecule has 0 unspecified atom stereocenters. The van der Waals surface area contributed by atoms with E-state index in [1.165, 1.54) is 4.90 Å². The highest BCUT2D eigenvalue weighted by molar-refractivity contribution is 5.94. The standard InChI is InChI=1S/C23H23N3O3/c1-26(20-10-6-3-7-11-20)23(28)29-21-14-12-18(13-15-21)22(27)25-17-16-24-19-8-4-2-5-9-19/h2-15,24H,16-17H2,1H3,(H,25,27). The molecule has 6 heteroatoms. The van der Waals surface area contributed by atoms with Crippen molar-refractivity contribution in [2.75, 3.05) is 30.4 Å². The van der Waals surface area contributed by atoms with Gasteiger partial charge in [0.15, 0.2) is 0 Å². The van der Waals surface area contributed by atoms with Crippen LogP contribution in [0.25, 0.3) is 0 Å². The summed E-state index contributed by atoms with van der Waals surface area (Å²) in [6, 6.07) is 25.5. The summed E-state index contributed by atoms with van der Waals surface area (Å²) in [6.07, 6.45) is -0.500. The Morgan fingerprint density at radius 1 is 0.828 bits per heavy atom. The van der Waals surface area contributed by atoms with E-state index < -0.39 is 6.09 Å². The Morgan fingerprint density at radius 2 is 1.45 bits per heavy atom. The van der Waals surface area contributed by atoms with E-state index in [0.29, 0.717) is 24.4 Å². The molecule has 3 aromatic rings. The number of hydrogen-bond acceptors (Lipinski definition) is 4. The lowest BCUT2D eigenvalue weighted by molar-refractivity contribution is 0.0955. The van der Waals surface area contributed by atoms with Crippen LogP contribution in [-0.2, 0) is 0 Å². The lowest BCUT2D eigenvalue weighted by Crippen LogP contribution is -2.29. The molecule has 6 nitrogen and oxygen atoms in total. The number of carbonyl (C=O) groups is 2. The number of anilines is 2. The van der Waals surface area contributed by atoms with Crippen LogP contribution in [0.5, 0.6) is 5.75 Å². The van der Waals surface area contributed by atoms with E-state index in [0.717, 1.165) is 11.4 Å². The highest BCUT2D eigenvalue weighted by Crippen LogP contribution is 2.16. The molecule has 0 aliphatic carbocycles. The maximum absolute atomic E-state index is 12.2. The number of nitrogens with zero attached hydrogens (tertiary/aromatic N) is 1. The summed E-state index contributed by atoms with van der Waals surface area (Å²) in [6.45, 7) is 1.11. The number of nitrogens with one attached hydrogen (secondary N) is 2. The molecule has 0 bridgehead atoms. The van der Waals surface area contributed by atoms with Crippen molar-refractivity contribution in [3.63, 3.8) is 0 Å². The summed E-state index contributed by atoms with van der Waals surface area (Å²) in [4.78, 5) is 25.9. The van der Waals surface area contributed by atoms with E-state index in [-0.39, 0.29) is 5.91 Å². The van der Waals surface area contributed by atoms with Crippen LogP contribution >= 0.6 is 0 Å². The van der Waals surface area contributed by atoms with Crippen LogP contribution in [0.1, 0.15) is 10.4 Å². The van der Waals surface area contributed by atoms with Crippen molar-refractivity contribution >= 4 is 23.4 Å². The molecule has 0 radical (unpaired) electrons. The summed E-state index contributed by atoms with van der Waals surface area (Å²) in [5.41, 5.74) is 2.24. The minimum absolute atomic E-state index is 0.181. The van der Waals surface area contributed by atoms with Crippen molar-refractivity contribution in [1.82, 2.24) is 5.32 Å². The van der Waals surface area contributed by atoms with E-state index in [1.54, 1.807) is 31.3 Å². The van der Waals surface area contributed by atoms with Gasteiger partial charge in [0.1, 0.15) is 5.75 Å². The van der Waals surface area contributed by atoms with Crippen molar-refractivity contribution in [1.29, 1.82) is 0 Å². The Labute approximate surface area is 170 Å². The molecule has 0 heterocycles. The molecular formula is C23H23N3O3. The van der Waals surface area contributed by atoms with Crippen LogP contribution in [0.15, 0.2) is 84.9 Å². The second kappa shape index (κ2) is 9.94. The van der Waals surface area contributed by atoms with Crippen molar-refractivity contribution in [2.24, 2.45) is 0 Å². The smallest absolute Gasteiger partial charge is 0.410 e. The molecule has 0 fully saturated rings. The second-order valence-electron chi connectivity index (χ2n) is 6.34. The monoisotopic (exact) mass is 389 g/mol. The third kappa shape index (κ3) is 5.84. The fourth-order valence-corrected chi connectivity index (χ4v) is 2.64. The zero-order valence-electron chi connectivity index (χ0n) is 16.2. The summed E-state index contributed by atoms with van der Waals surface area (Å²) >= 11 is 0. The zero-order chi connectivity index (χ0) is 20.5. The van der Waals surface area contributed by atoms with Crippen molar-refractivity contribution in [3.8, 4) is 5.75 Å². The molecule has 3 rings (SSSR count). The van der Waals surface area contributed by atoms with Gasteiger partial charge in [0.2, 0.25) is 0 Å². The van der Waals surface area contributed by atoms with Gasteiger partial charge in [-0.15, -0.1) is 0 Å². The van der Waals surface area contributed by atoms with Crippen molar-refractivity contribution in [2.45, 2.75) is 0 Å². The SMILES string of the molecule is CN(C(=O)Oc1ccc(C(=O)NCCNc2ccccc2)cc1)c1ccccc1. The Morgan fingerprint density at radius 3 is 2.10 bits per heavy atom. The maximum Gasteiger partial charge on any atom is 0.419 e. The molecule has 0 aliphatic heterocycles. The predicted octanol–water partition coefficient (Wildman–Crippen LogP) is 4.16. The van der Waals surface area contributed by atoms with Crippen LogP contribution in [-0.4, -0.2) is 32.1 Å². The number of ether oxygens (including phenoxy) is 1. The average molecular weight is 389 g/mol. The lowest BCUT2D eigenvalue weighted by atomic mass is 10.2. The number of para-hydroxylation sites is 2. The van der Waals surface area contributed by atoms with Crippen molar-refractivity contribution < 1.29 is 14.3 Å². The third-order valence-electron chi connectivity index (χ3n) is 4.25. The lowest BCUT2D eigenvalue weighted by Gasteiger charge is -2.16. The molecule has 2 N–H and O–H groups in total. The van der Waals surface area contributed by atoms with E-state index in [1.807, 2.05) is 60.7 Å². The number of benzene rings is 3. The number of carbonyl (C=O) groups excluding carboxylic acids is 2. The molecule has 2 amide bonds. The zero-order valence-corrected chi connectivity index (χ0v) is 16.2. The molecule has 0 aromatic heterocycles. The van der Waals surface area contributed by atoms with E-state index in [9.17, 15) is 9.59 Å². The van der Waals surface area contributed by atoms with E-state index in [4.69, 9.17) is 4.74 Å². The first-order chi connectivity index (χ1) is 14.1.